The van der Waals surface area contributed by atoms with Gasteiger partial charge in [-0.1, -0.05) is 10.3 Å². The molecule has 3 heterocycles. The van der Waals surface area contributed by atoms with Gasteiger partial charge in [0.2, 0.25) is 11.8 Å². The fourth-order valence-corrected chi connectivity index (χ4v) is 2.13. The van der Waals surface area contributed by atoms with E-state index in [4.69, 9.17) is 4.52 Å². The molecule has 1 atom stereocenters. The third-order valence-electron chi connectivity index (χ3n) is 2.98. The van der Waals surface area contributed by atoms with Crippen molar-refractivity contribution in [2.45, 2.75) is 19.3 Å². The third-order valence-corrected chi connectivity index (χ3v) is 2.98. The van der Waals surface area contributed by atoms with Crippen molar-refractivity contribution >= 4 is 5.95 Å². The molecule has 2 aromatic heterocycles. The molecular weight excluding hydrogens is 222 g/mol. The van der Waals surface area contributed by atoms with Gasteiger partial charge < -0.3 is 9.42 Å². The number of nitrogens with zero attached hydrogens (tertiary/aromatic N) is 7. The molecule has 0 aromatic carbocycles. The summed E-state index contributed by atoms with van der Waals surface area (Å²) in [5.74, 6) is 2.47. The number of anilines is 1. The van der Waals surface area contributed by atoms with Gasteiger partial charge in [-0.15, -0.1) is 0 Å². The average Bonchev–Trinajstić information content (AvgIpc) is 2.97. The Morgan fingerprint density at radius 3 is 2.94 bits per heavy atom. The highest BCUT2D eigenvalue weighted by Crippen LogP contribution is 2.27. The van der Waals surface area contributed by atoms with Crippen LogP contribution in [0.4, 0.5) is 5.95 Å². The van der Waals surface area contributed by atoms with Gasteiger partial charge in [0.25, 0.3) is 0 Å². The zero-order chi connectivity index (χ0) is 11.8. The van der Waals surface area contributed by atoms with Crippen LogP contribution >= 0.6 is 0 Å². The van der Waals surface area contributed by atoms with Crippen molar-refractivity contribution in [3.8, 4) is 0 Å². The molecule has 0 N–H and O–H groups in total. The van der Waals surface area contributed by atoms with Crippen LogP contribution in [-0.4, -0.2) is 43.4 Å². The smallest absolute Gasteiger partial charge is 0.245 e. The molecule has 1 fully saturated rings. The van der Waals surface area contributed by atoms with Crippen molar-refractivity contribution in [3.63, 3.8) is 0 Å². The number of hydrogen-bond acceptors (Lipinski definition) is 7. The summed E-state index contributed by atoms with van der Waals surface area (Å²) in [7, 11) is 1.83. The fraction of sp³-hybridized carbons (Fsp3) is 0.667. The molecule has 1 aliphatic heterocycles. The molecule has 17 heavy (non-hydrogen) atoms. The van der Waals surface area contributed by atoms with Crippen LogP contribution in [-0.2, 0) is 7.05 Å². The van der Waals surface area contributed by atoms with E-state index < -0.39 is 0 Å². The van der Waals surface area contributed by atoms with E-state index in [0.717, 1.165) is 31.3 Å². The number of tetrazole rings is 1. The van der Waals surface area contributed by atoms with Gasteiger partial charge in [0.1, 0.15) is 0 Å². The summed E-state index contributed by atoms with van der Waals surface area (Å²) in [6, 6.07) is 0. The number of rotatable bonds is 2. The van der Waals surface area contributed by atoms with Crippen molar-refractivity contribution < 1.29 is 4.52 Å². The van der Waals surface area contributed by atoms with Gasteiger partial charge in [-0.2, -0.15) is 4.98 Å². The first-order valence-corrected chi connectivity index (χ1v) is 5.51. The van der Waals surface area contributed by atoms with Gasteiger partial charge in [0, 0.05) is 33.0 Å². The molecule has 0 spiro atoms. The predicted molar refractivity (Wildman–Crippen MR) is 57.4 cm³/mol. The summed E-state index contributed by atoms with van der Waals surface area (Å²) in [6.07, 6.45) is 0.992. The van der Waals surface area contributed by atoms with Gasteiger partial charge in [-0.05, 0) is 16.8 Å². The van der Waals surface area contributed by atoms with Crippen LogP contribution in [0, 0.1) is 6.92 Å². The van der Waals surface area contributed by atoms with Crippen molar-refractivity contribution in [2.24, 2.45) is 7.05 Å². The lowest BCUT2D eigenvalue weighted by atomic mass is 10.1. The third kappa shape index (κ3) is 1.75. The second-order valence-corrected chi connectivity index (χ2v) is 4.21. The Bertz CT molecular complexity index is 519. The Kier molecular flexibility index (Phi) is 2.27. The van der Waals surface area contributed by atoms with Crippen LogP contribution in [0.5, 0.6) is 0 Å². The van der Waals surface area contributed by atoms with Crippen molar-refractivity contribution in [3.05, 3.63) is 11.7 Å². The standard InChI is InChI=1S/C9H13N7O/c1-6-10-8(12-17-6)7-3-4-16(5-7)9-11-13-14-15(9)2/h7H,3-5H2,1-2H3. The maximum Gasteiger partial charge on any atom is 0.245 e. The van der Waals surface area contributed by atoms with Gasteiger partial charge in [0.15, 0.2) is 5.82 Å². The highest BCUT2D eigenvalue weighted by atomic mass is 16.5. The van der Waals surface area contributed by atoms with E-state index in [0.29, 0.717) is 11.8 Å². The van der Waals surface area contributed by atoms with Crippen molar-refractivity contribution in [1.29, 1.82) is 0 Å². The van der Waals surface area contributed by atoms with E-state index in [2.05, 4.69) is 30.6 Å². The molecule has 0 radical (unpaired) electrons. The van der Waals surface area contributed by atoms with E-state index in [1.165, 1.54) is 0 Å². The molecule has 2 aromatic rings. The zero-order valence-corrected chi connectivity index (χ0v) is 9.74. The number of aromatic nitrogens is 6. The summed E-state index contributed by atoms with van der Waals surface area (Å²) >= 11 is 0. The quantitative estimate of drug-likeness (QED) is 0.718. The SMILES string of the molecule is Cc1nc(C2CCN(c3nnnn3C)C2)no1. The van der Waals surface area contributed by atoms with Crippen molar-refractivity contribution in [2.75, 3.05) is 18.0 Å². The molecule has 0 amide bonds. The Balaban J connectivity index is 1.76. The van der Waals surface area contributed by atoms with E-state index in [9.17, 15) is 0 Å². The van der Waals surface area contributed by atoms with Gasteiger partial charge >= 0.3 is 0 Å². The van der Waals surface area contributed by atoms with Gasteiger partial charge in [-0.25, -0.2) is 4.68 Å². The minimum atomic E-state index is 0.296. The molecule has 0 saturated carbocycles. The van der Waals surface area contributed by atoms with Gasteiger partial charge in [-0.3, -0.25) is 0 Å². The summed E-state index contributed by atoms with van der Waals surface area (Å²) in [5.41, 5.74) is 0. The predicted octanol–water partition coefficient (Wildman–Crippen LogP) is -0.105. The first kappa shape index (κ1) is 10.2. The molecule has 8 heteroatoms. The second kappa shape index (κ2) is 3.79. The first-order valence-electron chi connectivity index (χ1n) is 5.51. The largest absolute Gasteiger partial charge is 0.340 e. The van der Waals surface area contributed by atoms with Crippen LogP contribution in [0.25, 0.3) is 0 Å². The molecule has 3 rings (SSSR count). The van der Waals surface area contributed by atoms with Crippen LogP contribution in [0.1, 0.15) is 24.1 Å². The van der Waals surface area contributed by atoms with E-state index in [1.54, 1.807) is 11.6 Å². The molecular formula is C9H13N7O. The minimum absolute atomic E-state index is 0.296. The highest BCUT2D eigenvalue weighted by Gasteiger charge is 2.29. The molecule has 8 nitrogen and oxygen atoms in total. The molecule has 0 bridgehead atoms. The summed E-state index contributed by atoms with van der Waals surface area (Å²) in [6.45, 7) is 3.54. The first-order chi connectivity index (χ1) is 8.24. The molecule has 1 aliphatic rings. The van der Waals surface area contributed by atoms with Crippen LogP contribution in [0.3, 0.4) is 0 Å². The maximum absolute atomic E-state index is 5.00. The molecule has 0 aliphatic carbocycles. The Morgan fingerprint density at radius 2 is 2.29 bits per heavy atom. The lowest BCUT2D eigenvalue weighted by Crippen LogP contribution is -2.23. The Labute approximate surface area is 97.6 Å². The average molecular weight is 235 g/mol. The van der Waals surface area contributed by atoms with Crippen molar-refractivity contribution in [1.82, 2.24) is 30.3 Å². The fourth-order valence-electron chi connectivity index (χ4n) is 2.13. The zero-order valence-electron chi connectivity index (χ0n) is 9.74. The van der Waals surface area contributed by atoms with Crippen LogP contribution in [0.15, 0.2) is 4.52 Å². The number of aryl methyl sites for hydroxylation is 2. The van der Waals surface area contributed by atoms with E-state index in [1.807, 2.05) is 7.05 Å². The van der Waals surface area contributed by atoms with E-state index in [-0.39, 0.29) is 0 Å². The molecule has 90 valence electrons. The maximum atomic E-state index is 5.00. The monoisotopic (exact) mass is 235 g/mol. The summed E-state index contributed by atoms with van der Waals surface area (Å²) < 4.78 is 6.67. The topological polar surface area (TPSA) is 85.8 Å². The summed E-state index contributed by atoms with van der Waals surface area (Å²) in [5, 5.41) is 15.4. The molecule has 1 unspecified atom stereocenters. The summed E-state index contributed by atoms with van der Waals surface area (Å²) in [4.78, 5) is 6.40. The second-order valence-electron chi connectivity index (χ2n) is 4.21. The Morgan fingerprint density at radius 1 is 1.41 bits per heavy atom. The highest BCUT2D eigenvalue weighted by molar-refractivity contribution is 5.31. The van der Waals surface area contributed by atoms with Crippen LogP contribution < -0.4 is 4.90 Å². The molecule has 1 saturated heterocycles. The number of hydrogen-bond donors (Lipinski definition) is 0. The van der Waals surface area contributed by atoms with Gasteiger partial charge in [0.05, 0.1) is 0 Å². The lowest BCUT2D eigenvalue weighted by Gasteiger charge is -2.14. The normalized spacial score (nSPS) is 20.1. The van der Waals surface area contributed by atoms with E-state index >= 15 is 0 Å². The Hall–Kier alpha value is -1.99. The minimum Gasteiger partial charge on any atom is -0.340 e. The van der Waals surface area contributed by atoms with Crippen LogP contribution in [0.2, 0.25) is 0 Å². The lowest BCUT2D eigenvalue weighted by molar-refractivity contribution is 0.384.